The zero-order chi connectivity index (χ0) is 15.8. The molecule has 2 rings (SSSR count). The number of fused-ring (bicyclic) bond motifs is 1. The molecule has 0 spiro atoms. The van der Waals surface area contributed by atoms with Crippen LogP contribution >= 0.6 is 0 Å². The van der Waals surface area contributed by atoms with E-state index < -0.39 is 0 Å². The smallest absolute Gasteiger partial charge is 0.256 e. The molecule has 0 saturated carbocycles. The van der Waals surface area contributed by atoms with Crippen LogP contribution in [0.5, 0.6) is 5.75 Å². The minimum atomic E-state index is -0.329. The third-order valence-corrected chi connectivity index (χ3v) is 4.39. The highest BCUT2D eigenvalue weighted by atomic mass is 16.5. The summed E-state index contributed by atoms with van der Waals surface area (Å²) in [5, 5.41) is 0. The minimum Gasteiger partial charge on any atom is -0.497 e. The van der Waals surface area contributed by atoms with Gasteiger partial charge in [0.2, 0.25) is 0 Å². The van der Waals surface area contributed by atoms with E-state index >= 15 is 0 Å². The fourth-order valence-electron chi connectivity index (χ4n) is 3.53. The predicted octanol–water partition coefficient (Wildman–Crippen LogP) is 2.17. The van der Waals surface area contributed by atoms with Gasteiger partial charge in [-0.3, -0.25) is 10.2 Å². The van der Waals surface area contributed by atoms with Gasteiger partial charge in [0, 0.05) is 11.2 Å². The van der Waals surface area contributed by atoms with Crippen LogP contribution in [0.2, 0.25) is 0 Å². The molecule has 3 N–H and O–H groups in total. The number of nitrogens with two attached hydrogens (primary N) is 1. The second-order valence-electron chi connectivity index (χ2n) is 6.40. The van der Waals surface area contributed by atoms with Gasteiger partial charge < -0.3 is 9.64 Å². The first-order valence-electron chi connectivity index (χ1n) is 7.29. The van der Waals surface area contributed by atoms with E-state index in [1.807, 2.05) is 19.1 Å². The molecular weight excluding hydrogens is 266 g/mol. The van der Waals surface area contributed by atoms with Crippen molar-refractivity contribution >= 4 is 11.6 Å². The van der Waals surface area contributed by atoms with Crippen molar-refractivity contribution in [2.45, 2.75) is 51.6 Å². The molecule has 5 nitrogen and oxygen atoms in total. The number of amides is 1. The number of carbonyl (C=O) groups is 1. The first kappa shape index (κ1) is 15.6. The number of nitrogens with one attached hydrogen (secondary N) is 1. The Kier molecular flexibility index (Phi) is 4.14. The van der Waals surface area contributed by atoms with Gasteiger partial charge in [0.05, 0.1) is 7.11 Å². The number of nitrogens with zero attached hydrogens (tertiary/aromatic N) is 1. The molecule has 0 radical (unpaired) electrons. The molecule has 1 aliphatic heterocycles. The highest BCUT2D eigenvalue weighted by Gasteiger charge is 2.40. The van der Waals surface area contributed by atoms with Crippen LogP contribution in [-0.4, -0.2) is 24.6 Å². The number of carbonyl (C=O) groups excluding carboxylic acids is 1. The summed E-state index contributed by atoms with van der Waals surface area (Å²) >= 11 is 0. The molecule has 2 atom stereocenters. The van der Waals surface area contributed by atoms with Crippen LogP contribution in [0.15, 0.2) is 18.2 Å². The topological polar surface area (TPSA) is 67.6 Å². The highest BCUT2D eigenvalue weighted by molar-refractivity contribution is 5.85. The SMILES string of the molecule is COc1ccc2c(c1)[C@@H](C)CC(C)(C)N2[C@H](C)C(=O)NN. The Morgan fingerprint density at radius 1 is 1.52 bits per heavy atom. The maximum Gasteiger partial charge on any atom is 0.256 e. The van der Waals surface area contributed by atoms with Crippen LogP contribution in [-0.2, 0) is 4.79 Å². The van der Waals surface area contributed by atoms with E-state index in [0.717, 1.165) is 17.9 Å². The summed E-state index contributed by atoms with van der Waals surface area (Å²) in [7, 11) is 1.67. The average Bonchev–Trinajstić information content (AvgIpc) is 2.44. The van der Waals surface area contributed by atoms with Crippen molar-refractivity contribution < 1.29 is 9.53 Å². The van der Waals surface area contributed by atoms with E-state index in [2.05, 4.69) is 37.2 Å². The Balaban J connectivity index is 2.53. The molecule has 0 bridgehead atoms. The van der Waals surface area contributed by atoms with Gasteiger partial charge in [-0.2, -0.15) is 0 Å². The lowest BCUT2D eigenvalue weighted by Gasteiger charge is -2.49. The maximum absolute atomic E-state index is 12.0. The van der Waals surface area contributed by atoms with Crippen molar-refractivity contribution in [3.05, 3.63) is 23.8 Å². The zero-order valence-electron chi connectivity index (χ0n) is 13.4. The van der Waals surface area contributed by atoms with Crippen LogP contribution in [0.1, 0.15) is 45.6 Å². The first-order valence-corrected chi connectivity index (χ1v) is 7.29. The van der Waals surface area contributed by atoms with E-state index in [9.17, 15) is 4.79 Å². The van der Waals surface area contributed by atoms with Crippen LogP contribution in [0.25, 0.3) is 0 Å². The lowest BCUT2D eigenvalue weighted by atomic mass is 9.79. The van der Waals surface area contributed by atoms with Crippen LogP contribution in [0.3, 0.4) is 0 Å². The Hall–Kier alpha value is -1.75. The van der Waals surface area contributed by atoms with Gasteiger partial charge in [0.1, 0.15) is 11.8 Å². The molecule has 116 valence electrons. The average molecular weight is 291 g/mol. The van der Waals surface area contributed by atoms with Gasteiger partial charge >= 0.3 is 0 Å². The number of ether oxygens (including phenoxy) is 1. The Morgan fingerprint density at radius 3 is 2.76 bits per heavy atom. The van der Waals surface area contributed by atoms with Gasteiger partial charge in [-0.05, 0) is 56.9 Å². The van der Waals surface area contributed by atoms with E-state index in [1.54, 1.807) is 7.11 Å². The Morgan fingerprint density at radius 2 is 2.19 bits per heavy atom. The molecule has 0 unspecified atom stereocenters. The summed E-state index contributed by atoms with van der Waals surface area (Å²) in [5.41, 5.74) is 4.43. The number of hydrogen-bond donors (Lipinski definition) is 2. The molecule has 1 aromatic rings. The normalized spacial score (nSPS) is 21.4. The summed E-state index contributed by atoms with van der Waals surface area (Å²) in [6.45, 7) is 8.42. The van der Waals surface area contributed by atoms with E-state index in [0.29, 0.717) is 5.92 Å². The number of anilines is 1. The molecule has 21 heavy (non-hydrogen) atoms. The van der Waals surface area contributed by atoms with E-state index in [-0.39, 0.29) is 17.5 Å². The van der Waals surface area contributed by atoms with Gasteiger partial charge in [0.25, 0.3) is 5.91 Å². The predicted molar refractivity (Wildman–Crippen MR) is 84.4 cm³/mol. The first-order chi connectivity index (χ1) is 9.81. The van der Waals surface area contributed by atoms with E-state index in [4.69, 9.17) is 10.6 Å². The number of hydrogen-bond acceptors (Lipinski definition) is 4. The molecule has 1 aromatic carbocycles. The maximum atomic E-state index is 12.0. The summed E-state index contributed by atoms with van der Waals surface area (Å²) in [6, 6.07) is 5.71. The third-order valence-electron chi connectivity index (χ3n) is 4.39. The lowest BCUT2D eigenvalue weighted by molar-refractivity contribution is -0.122. The molecular formula is C16H25N3O2. The van der Waals surface area contributed by atoms with Crippen LogP contribution in [0.4, 0.5) is 5.69 Å². The summed E-state index contributed by atoms with van der Waals surface area (Å²) < 4.78 is 5.33. The number of benzene rings is 1. The van der Waals surface area contributed by atoms with Crippen LogP contribution in [0, 0.1) is 0 Å². The molecule has 0 saturated heterocycles. The monoisotopic (exact) mass is 291 g/mol. The second kappa shape index (κ2) is 5.56. The minimum absolute atomic E-state index is 0.118. The summed E-state index contributed by atoms with van der Waals surface area (Å²) in [5.74, 6) is 6.39. The molecule has 5 heteroatoms. The van der Waals surface area contributed by atoms with Crippen molar-refractivity contribution in [3.63, 3.8) is 0 Å². The van der Waals surface area contributed by atoms with Crippen molar-refractivity contribution in [1.29, 1.82) is 0 Å². The fourth-order valence-corrected chi connectivity index (χ4v) is 3.53. The highest BCUT2D eigenvalue weighted by Crippen LogP contribution is 2.45. The summed E-state index contributed by atoms with van der Waals surface area (Å²) in [4.78, 5) is 14.2. The number of methoxy groups -OCH3 is 1. The van der Waals surface area contributed by atoms with Crippen LogP contribution < -0.4 is 20.9 Å². The second-order valence-corrected chi connectivity index (χ2v) is 6.40. The fraction of sp³-hybridized carbons (Fsp3) is 0.562. The number of rotatable bonds is 3. The molecule has 1 heterocycles. The van der Waals surface area contributed by atoms with Gasteiger partial charge in [-0.1, -0.05) is 6.92 Å². The third kappa shape index (κ3) is 2.70. The molecule has 1 aliphatic rings. The van der Waals surface area contributed by atoms with Gasteiger partial charge in [-0.25, -0.2) is 5.84 Å². The van der Waals surface area contributed by atoms with Crippen molar-refractivity contribution in [2.24, 2.45) is 5.84 Å². The molecule has 0 aliphatic carbocycles. The zero-order valence-corrected chi connectivity index (χ0v) is 13.4. The van der Waals surface area contributed by atoms with Crippen molar-refractivity contribution in [1.82, 2.24) is 5.43 Å². The van der Waals surface area contributed by atoms with Crippen molar-refractivity contribution in [3.8, 4) is 5.75 Å². The molecule has 0 fully saturated rings. The molecule has 0 aromatic heterocycles. The number of hydrazine groups is 1. The molecule has 1 amide bonds. The quantitative estimate of drug-likeness (QED) is 0.509. The van der Waals surface area contributed by atoms with Crippen molar-refractivity contribution in [2.75, 3.05) is 12.0 Å². The Labute approximate surface area is 126 Å². The van der Waals surface area contributed by atoms with E-state index in [1.165, 1.54) is 5.56 Å². The lowest BCUT2D eigenvalue weighted by Crippen LogP contribution is -2.58. The Bertz CT molecular complexity index is 542. The largest absolute Gasteiger partial charge is 0.497 e. The standard InChI is InChI=1S/C16H25N3O2/c1-10-9-16(3,4)19(11(2)15(20)18-17)14-7-6-12(21-5)8-13(10)14/h6-8,10-11H,9,17H2,1-5H3,(H,18,20)/t10-,11+/m0/s1. The summed E-state index contributed by atoms with van der Waals surface area (Å²) in [6.07, 6.45) is 0.968. The van der Waals surface area contributed by atoms with Gasteiger partial charge in [0.15, 0.2) is 0 Å². The van der Waals surface area contributed by atoms with Gasteiger partial charge in [-0.15, -0.1) is 0 Å².